The number of ether oxygens (including phenoxy) is 4. The fraction of sp³-hybridized carbons (Fsp3) is 0.800. The summed E-state index contributed by atoms with van der Waals surface area (Å²) < 4.78 is 27.8. The Bertz CT molecular complexity index is 1680. The largest absolute Gasteiger partial charge is 0.492 e. The fourth-order valence-electron chi connectivity index (χ4n) is 11.2. The first-order chi connectivity index (χ1) is 36.8. The van der Waals surface area contributed by atoms with E-state index in [-0.39, 0.29) is 0 Å². The summed E-state index contributed by atoms with van der Waals surface area (Å²) in [6.45, 7) is 12.1. The summed E-state index contributed by atoms with van der Waals surface area (Å²) >= 11 is 0. The first kappa shape index (κ1) is 65.7. The second-order valence-electron chi connectivity index (χ2n) is 23.0. The molecule has 0 saturated heterocycles. The SMILES string of the molecule is CCCCCCCCCCCCCCOc1ccc2c(OCCCCCCCCCCCCCC)c3ccccc3c(OCCCCCCCCCCCCCC)c2c1OCCCCCCCCCCCCCC. The monoisotopic (exact) mass is 1030 g/mol. The van der Waals surface area contributed by atoms with Crippen LogP contribution in [0.3, 0.4) is 0 Å². The van der Waals surface area contributed by atoms with Crippen LogP contribution in [0.25, 0.3) is 21.5 Å². The molecule has 3 rings (SSSR count). The molecular weight excluding hydrogens is 905 g/mol. The Labute approximate surface area is 460 Å². The molecule has 0 bridgehead atoms. The first-order valence-corrected chi connectivity index (χ1v) is 33.3. The van der Waals surface area contributed by atoms with Crippen LogP contribution in [0.1, 0.15) is 336 Å². The average molecular weight is 1030 g/mol. The third-order valence-corrected chi connectivity index (χ3v) is 16.0. The lowest BCUT2D eigenvalue weighted by molar-refractivity contribution is 0.259. The molecule has 0 heterocycles. The maximum absolute atomic E-state index is 7.05. The maximum Gasteiger partial charge on any atom is 0.172 e. The van der Waals surface area contributed by atoms with Crippen LogP contribution >= 0.6 is 0 Å². The van der Waals surface area contributed by atoms with Crippen molar-refractivity contribution in [2.24, 2.45) is 0 Å². The number of hydrogen-bond acceptors (Lipinski definition) is 4. The van der Waals surface area contributed by atoms with Gasteiger partial charge in [-0.2, -0.15) is 0 Å². The van der Waals surface area contributed by atoms with Gasteiger partial charge in [-0.3, -0.25) is 0 Å². The van der Waals surface area contributed by atoms with Gasteiger partial charge in [0.05, 0.1) is 31.8 Å². The van der Waals surface area contributed by atoms with Gasteiger partial charge in [-0.1, -0.05) is 334 Å². The van der Waals surface area contributed by atoms with Gasteiger partial charge in [0.1, 0.15) is 11.5 Å². The zero-order valence-corrected chi connectivity index (χ0v) is 49.9. The topological polar surface area (TPSA) is 36.9 Å². The second kappa shape index (κ2) is 48.7. The Hall–Kier alpha value is -2.62. The van der Waals surface area contributed by atoms with Crippen LogP contribution < -0.4 is 18.9 Å². The van der Waals surface area contributed by atoms with E-state index in [4.69, 9.17) is 18.9 Å². The Morgan fingerprint density at radius 1 is 0.216 bits per heavy atom. The molecule has 0 aliphatic heterocycles. The van der Waals surface area contributed by atoms with E-state index in [1.54, 1.807) is 0 Å². The first-order valence-electron chi connectivity index (χ1n) is 33.3. The second-order valence-corrected chi connectivity index (χ2v) is 23.0. The van der Waals surface area contributed by atoms with Gasteiger partial charge in [0.2, 0.25) is 0 Å². The zero-order valence-electron chi connectivity index (χ0n) is 49.9. The van der Waals surface area contributed by atoms with E-state index in [1.807, 2.05) is 0 Å². The van der Waals surface area contributed by atoms with Gasteiger partial charge < -0.3 is 18.9 Å². The van der Waals surface area contributed by atoms with Crippen molar-refractivity contribution in [3.8, 4) is 23.0 Å². The summed E-state index contributed by atoms with van der Waals surface area (Å²) in [7, 11) is 0. The quantitative estimate of drug-likeness (QED) is 0.0417. The van der Waals surface area contributed by atoms with Gasteiger partial charge in [0.15, 0.2) is 11.5 Å². The van der Waals surface area contributed by atoms with Gasteiger partial charge in [0.25, 0.3) is 0 Å². The molecule has 0 aliphatic carbocycles. The van der Waals surface area contributed by atoms with Crippen LogP contribution in [-0.2, 0) is 0 Å². The van der Waals surface area contributed by atoms with Crippen molar-refractivity contribution in [1.82, 2.24) is 0 Å². The minimum absolute atomic E-state index is 0.686. The zero-order chi connectivity index (χ0) is 52.5. The Kier molecular flexibility index (Phi) is 43.2. The summed E-state index contributed by atoms with van der Waals surface area (Å²) in [5.74, 6) is 3.63. The van der Waals surface area contributed by atoms with Crippen molar-refractivity contribution >= 4 is 21.5 Å². The third kappa shape index (κ3) is 31.6. The lowest BCUT2D eigenvalue weighted by atomic mass is 9.99. The van der Waals surface area contributed by atoms with Crippen LogP contribution in [0.15, 0.2) is 36.4 Å². The van der Waals surface area contributed by atoms with E-state index < -0.39 is 0 Å². The third-order valence-electron chi connectivity index (χ3n) is 16.0. The standard InChI is InChI=1S/C70H122O4/c1-5-9-13-17-21-25-29-33-37-41-45-51-59-71-66-58-57-65-67(70(66)74-62-54-48-44-40-36-32-28-24-20-16-12-8-4)69(73-61-53-47-43-39-35-31-27-23-19-15-11-7-3)64-56-50-49-55-63(64)68(65)72-60-52-46-42-38-34-30-26-22-18-14-10-6-2/h49-50,55-58H,5-48,51-54,59-62H2,1-4H3. The predicted octanol–water partition coefficient (Wildman–Crippen LogP) is 24.3. The predicted molar refractivity (Wildman–Crippen MR) is 328 cm³/mol. The van der Waals surface area contributed by atoms with Crippen molar-refractivity contribution in [3.05, 3.63) is 36.4 Å². The summed E-state index contributed by atoms with van der Waals surface area (Å²) in [5, 5.41) is 4.39. The number of hydrogen-bond donors (Lipinski definition) is 0. The molecule has 0 amide bonds. The molecule has 4 nitrogen and oxygen atoms in total. The lowest BCUT2D eigenvalue weighted by Crippen LogP contribution is -2.06. The van der Waals surface area contributed by atoms with Crippen molar-refractivity contribution in [2.45, 2.75) is 336 Å². The molecule has 4 heteroatoms. The van der Waals surface area contributed by atoms with E-state index in [1.165, 1.54) is 283 Å². The molecule has 0 unspecified atom stereocenters. The van der Waals surface area contributed by atoms with Crippen LogP contribution in [0, 0.1) is 0 Å². The van der Waals surface area contributed by atoms with E-state index in [0.717, 1.165) is 76.8 Å². The Morgan fingerprint density at radius 2 is 0.459 bits per heavy atom. The highest BCUT2D eigenvalue weighted by Gasteiger charge is 2.23. The van der Waals surface area contributed by atoms with Crippen LogP contribution in [-0.4, -0.2) is 26.4 Å². The minimum atomic E-state index is 0.686. The number of benzene rings is 3. The molecule has 0 saturated carbocycles. The van der Waals surface area contributed by atoms with Crippen molar-refractivity contribution in [1.29, 1.82) is 0 Å². The van der Waals surface area contributed by atoms with E-state index >= 15 is 0 Å². The van der Waals surface area contributed by atoms with Crippen molar-refractivity contribution < 1.29 is 18.9 Å². The number of unbranched alkanes of at least 4 members (excludes halogenated alkanes) is 44. The molecule has 0 aromatic heterocycles. The summed E-state index contributed by atoms with van der Waals surface area (Å²) in [4.78, 5) is 0. The van der Waals surface area contributed by atoms with Gasteiger partial charge >= 0.3 is 0 Å². The van der Waals surface area contributed by atoms with Crippen LogP contribution in [0.5, 0.6) is 23.0 Å². The highest BCUT2D eigenvalue weighted by Crippen LogP contribution is 2.50. The molecule has 0 aliphatic rings. The van der Waals surface area contributed by atoms with Crippen LogP contribution in [0.2, 0.25) is 0 Å². The molecule has 0 radical (unpaired) electrons. The van der Waals surface area contributed by atoms with Crippen molar-refractivity contribution in [3.63, 3.8) is 0 Å². The molecule has 0 spiro atoms. The number of rotatable bonds is 56. The van der Waals surface area contributed by atoms with Gasteiger partial charge in [-0.05, 0) is 37.8 Å². The molecule has 0 fully saturated rings. The molecule has 0 atom stereocenters. The molecule has 3 aromatic rings. The van der Waals surface area contributed by atoms with E-state index in [0.29, 0.717) is 19.8 Å². The number of fused-ring (bicyclic) bond motifs is 2. The summed E-state index contributed by atoms with van der Waals surface area (Å²) in [6.07, 6.45) is 64.2. The molecule has 0 N–H and O–H groups in total. The molecule has 426 valence electrons. The average Bonchev–Trinajstić information content (AvgIpc) is 3.42. The Balaban J connectivity index is 1.74. The van der Waals surface area contributed by atoms with Crippen molar-refractivity contribution in [2.75, 3.05) is 26.4 Å². The lowest BCUT2D eigenvalue weighted by Gasteiger charge is -2.22. The molecule has 74 heavy (non-hydrogen) atoms. The smallest absolute Gasteiger partial charge is 0.172 e. The highest BCUT2D eigenvalue weighted by molar-refractivity contribution is 6.13. The van der Waals surface area contributed by atoms with Gasteiger partial charge in [-0.25, -0.2) is 0 Å². The summed E-state index contributed by atoms with van der Waals surface area (Å²) in [6, 6.07) is 13.3. The van der Waals surface area contributed by atoms with E-state index in [2.05, 4.69) is 64.1 Å². The molecular formula is C70H122O4. The molecule has 3 aromatic carbocycles. The van der Waals surface area contributed by atoms with Gasteiger partial charge in [-0.15, -0.1) is 0 Å². The van der Waals surface area contributed by atoms with E-state index in [9.17, 15) is 0 Å². The fourth-order valence-corrected chi connectivity index (χ4v) is 11.2. The summed E-state index contributed by atoms with van der Waals surface area (Å²) in [5.41, 5.74) is 0. The Morgan fingerprint density at radius 3 is 0.770 bits per heavy atom. The maximum atomic E-state index is 7.05. The van der Waals surface area contributed by atoms with Crippen LogP contribution in [0.4, 0.5) is 0 Å². The van der Waals surface area contributed by atoms with Gasteiger partial charge in [0, 0.05) is 16.2 Å². The highest BCUT2D eigenvalue weighted by atomic mass is 16.5. The normalized spacial score (nSPS) is 11.6. The minimum Gasteiger partial charge on any atom is -0.492 e.